The minimum atomic E-state index is -5.23. The molecule has 0 spiro atoms. The van der Waals surface area contributed by atoms with E-state index in [9.17, 15) is 40.3 Å². The Morgan fingerprint density at radius 2 is 1.62 bits per heavy atom. The Morgan fingerprint density at radius 3 is 2.12 bits per heavy atom. The lowest BCUT2D eigenvalue weighted by Crippen LogP contribution is -2.41. The molecule has 2 rings (SSSR count). The molecule has 142 valence electrons. The quantitative estimate of drug-likeness (QED) is 0.720. The Bertz CT molecular complexity index is 976. The Kier molecular flexibility index (Phi) is 4.83. The van der Waals surface area contributed by atoms with E-state index in [-0.39, 0.29) is 21.3 Å². The second-order valence-corrected chi connectivity index (χ2v) is 5.23. The van der Waals surface area contributed by atoms with E-state index in [0.29, 0.717) is 13.1 Å². The van der Waals surface area contributed by atoms with Crippen molar-refractivity contribution in [3.05, 3.63) is 55.6 Å². The molecular weight excluding hydrogens is 401 g/mol. The summed E-state index contributed by atoms with van der Waals surface area (Å²) in [4.78, 5) is 23.9. The number of hydrogen-bond acceptors (Lipinski definition) is 3. The van der Waals surface area contributed by atoms with Crippen molar-refractivity contribution in [2.75, 3.05) is 0 Å². The summed E-state index contributed by atoms with van der Waals surface area (Å²) in [6, 6.07) is 0.600. The number of aromatic nitrogens is 2. The normalized spacial score (nSPS) is 12.3. The molecule has 5 nitrogen and oxygen atoms in total. The van der Waals surface area contributed by atoms with Crippen molar-refractivity contribution >= 4 is 11.6 Å². The van der Waals surface area contributed by atoms with E-state index in [1.54, 1.807) is 0 Å². The Morgan fingerprint density at radius 1 is 1.04 bits per heavy atom. The zero-order chi connectivity index (χ0) is 20.0. The van der Waals surface area contributed by atoms with Gasteiger partial charge in [-0.15, -0.1) is 13.2 Å². The van der Waals surface area contributed by atoms with Crippen LogP contribution >= 0.6 is 11.6 Å². The molecule has 0 aliphatic rings. The Hall–Kier alpha value is -2.50. The molecule has 0 saturated heterocycles. The SMILES string of the molecule is Cn1c(C(F)(F)F)cc(=O)n(-c2cc(OC(F)(F)F)c(Cl)cc2F)c1=O. The summed E-state index contributed by atoms with van der Waals surface area (Å²) in [6.45, 7) is 0. The molecule has 0 atom stereocenters. The molecule has 1 aromatic carbocycles. The van der Waals surface area contributed by atoms with E-state index in [0.717, 1.165) is 0 Å². The van der Waals surface area contributed by atoms with E-state index in [1.165, 1.54) is 0 Å². The van der Waals surface area contributed by atoms with Gasteiger partial charge in [0.25, 0.3) is 5.56 Å². The summed E-state index contributed by atoms with van der Waals surface area (Å²) in [6.07, 6.45) is -10.3. The van der Waals surface area contributed by atoms with Crippen molar-refractivity contribution in [2.24, 2.45) is 7.05 Å². The van der Waals surface area contributed by atoms with Gasteiger partial charge in [-0.2, -0.15) is 13.2 Å². The van der Waals surface area contributed by atoms with Gasteiger partial charge in [0.05, 0.1) is 10.7 Å². The molecule has 13 heteroatoms. The molecule has 0 aliphatic heterocycles. The van der Waals surface area contributed by atoms with Crippen molar-refractivity contribution in [1.29, 1.82) is 0 Å². The van der Waals surface area contributed by atoms with Crippen molar-refractivity contribution in [2.45, 2.75) is 12.5 Å². The third-order valence-electron chi connectivity index (χ3n) is 3.08. The van der Waals surface area contributed by atoms with E-state index in [2.05, 4.69) is 4.74 Å². The van der Waals surface area contributed by atoms with E-state index >= 15 is 0 Å². The van der Waals surface area contributed by atoms with Gasteiger partial charge in [-0.3, -0.25) is 9.36 Å². The minimum absolute atomic E-state index is 0.000262. The molecule has 2 aromatic rings. The molecule has 0 saturated carbocycles. The fourth-order valence-electron chi connectivity index (χ4n) is 2.01. The molecule has 0 aliphatic carbocycles. The van der Waals surface area contributed by atoms with Crippen LogP contribution in [0.25, 0.3) is 5.69 Å². The van der Waals surface area contributed by atoms with Gasteiger partial charge in [-0.1, -0.05) is 11.6 Å². The molecule has 0 bridgehead atoms. The summed E-state index contributed by atoms with van der Waals surface area (Å²) in [5.74, 6) is -2.58. The van der Waals surface area contributed by atoms with Crippen LogP contribution < -0.4 is 16.0 Å². The lowest BCUT2D eigenvalue weighted by molar-refractivity contribution is -0.274. The average molecular weight is 407 g/mol. The van der Waals surface area contributed by atoms with Gasteiger partial charge in [-0.25, -0.2) is 13.8 Å². The maximum Gasteiger partial charge on any atom is 0.573 e. The first-order chi connectivity index (χ1) is 11.7. The minimum Gasteiger partial charge on any atom is -0.404 e. The van der Waals surface area contributed by atoms with Gasteiger partial charge in [-0.05, 0) is 6.07 Å². The smallest absolute Gasteiger partial charge is 0.404 e. The zero-order valence-corrected chi connectivity index (χ0v) is 13.1. The first kappa shape index (κ1) is 19.8. The van der Waals surface area contributed by atoms with Crippen LogP contribution in [0.2, 0.25) is 5.02 Å². The number of rotatable bonds is 2. The van der Waals surface area contributed by atoms with E-state index < -0.39 is 51.8 Å². The van der Waals surface area contributed by atoms with Crippen LogP contribution in [0.5, 0.6) is 5.75 Å². The second kappa shape index (κ2) is 6.34. The highest BCUT2D eigenvalue weighted by Crippen LogP contribution is 2.33. The van der Waals surface area contributed by atoms with Gasteiger partial charge < -0.3 is 4.74 Å². The van der Waals surface area contributed by atoms with Crippen LogP contribution in [0.15, 0.2) is 27.8 Å². The van der Waals surface area contributed by atoms with Gasteiger partial charge >= 0.3 is 18.2 Å². The van der Waals surface area contributed by atoms with Crippen molar-refractivity contribution in [1.82, 2.24) is 9.13 Å². The highest BCUT2D eigenvalue weighted by Gasteiger charge is 2.36. The molecule has 1 heterocycles. The molecule has 0 N–H and O–H groups in total. The van der Waals surface area contributed by atoms with Crippen molar-refractivity contribution < 1.29 is 35.5 Å². The third kappa shape index (κ3) is 3.84. The van der Waals surface area contributed by atoms with Gasteiger partial charge in [0.1, 0.15) is 17.3 Å². The molecule has 1 aromatic heterocycles. The second-order valence-electron chi connectivity index (χ2n) is 4.82. The summed E-state index contributed by atoms with van der Waals surface area (Å²) in [5, 5.41) is -0.833. The summed E-state index contributed by atoms with van der Waals surface area (Å²) >= 11 is 5.41. The fourth-order valence-corrected chi connectivity index (χ4v) is 2.20. The maximum absolute atomic E-state index is 14.0. The highest BCUT2D eigenvalue weighted by atomic mass is 35.5. The third-order valence-corrected chi connectivity index (χ3v) is 3.37. The van der Waals surface area contributed by atoms with E-state index in [1.807, 2.05) is 0 Å². The van der Waals surface area contributed by atoms with Crippen molar-refractivity contribution in [3.8, 4) is 11.4 Å². The fraction of sp³-hybridized carbons (Fsp3) is 0.231. The number of ether oxygens (including phenoxy) is 1. The first-order valence-electron chi connectivity index (χ1n) is 6.38. The van der Waals surface area contributed by atoms with Crippen LogP contribution in [-0.2, 0) is 13.2 Å². The highest BCUT2D eigenvalue weighted by molar-refractivity contribution is 6.32. The molecule has 0 unspecified atom stereocenters. The maximum atomic E-state index is 14.0. The van der Waals surface area contributed by atoms with Gasteiger partial charge in [0, 0.05) is 19.2 Å². The standard InChI is InChI=1S/C13H6ClF7N2O3/c1-22-9(12(16,17)18)4-10(24)23(11(22)25)7-3-8(26-13(19,20)21)5(14)2-6(7)15/h2-4H,1H3. The monoisotopic (exact) mass is 406 g/mol. The summed E-state index contributed by atoms with van der Waals surface area (Å²) in [5.41, 5.74) is -5.93. The molecule has 0 radical (unpaired) electrons. The molecular formula is C13H6ClF7N2O3. The number of halogens is 8. The Balaban J connectivity index is 2.78. The van der Waals surface area contributed by atoms with Crippen LogP contribution in [0.1, 0.15) is 5.69 Å². The lowest BCUT2D eigenvalue weighted by Gasteiger charge is -2.16. The largest absolute Gasteiger partial charge is 0.573 e. The van der Waals surface area contributed by atoms with Gasteiger partial charge in [0.2, 0.25) is 0 Å². The van der Waals surface area contributed by atoms with Gasteiger partial charge in [0.15, 0.2) is 0 Å². The number of benzene rings is 1. The Labute approximate surface area is 143 Å². The number of alkyl halides is 6. The summed E-state index contributed by atoms with van der Waals surface area (Å²) < 4.78 is 92.8. The average Bonchev–Trinajstić information content (AvgIpc) is 2.45. The first-order valence-corrected chi connectivity index (χ1v) is 6.75. The summed E-state index contributed by atoms with van der Waals surface area (Å²) in [7, 11) is 0.655. The predicted octanol–water partition coefficient (Wildman–Crippen LogP) is 3.25. The van der Waals surface area contributed by atoms with Crippen LogP contribution in [0, 0.1) is 5.82 Å². The predicted molar refractivity (Wildman–Crippen MR) is 73.9 cm³/mol. The van der Waals surface area contributed by atoms with Crippen LogP contribution in [0.3, 0.4) is 0 Å². The van der Waals surface area contributed by atoms with Crippen molar-refractivity contribution in [3.63, 3.8) is 0 Å². The molecule has 0 amide bonds. The number of hydrogen-bond donors (Lipinski definition) is 0. The van der Waals surface area contributed by atoms with Crippen LogP contribution in [0.4, 0.5) is 30.7 Å². The molecule has 26 heavy (non-hydrogen) atoms. The van der Waals surface area contributed by atoms with Crippen LogP contribution in [-0.4, -0.2) is 15.5 Å². The lowest BCUT2D eigenvalue weighted by atomic mass is 10.2. The molecule has 0 fully saturated rings. The topological polar surface area (TPSA) is 53.2 Å². The number of nitrogens with zero attached hydrogens (tertiary/aromatic N) is 2. The van der Waals surface area contributed by atoms with E-state index in [4.69, 9.17) is 11.6 Å². The zero-order valence-electron chi connectivity index (χ0n) is 12.4.